The van der Waals surface area contributed by atoms with Crippen molar-refractivity contribution >= 4 is 0 Å². The van der Waals surface area contributed by atoms with Crippen molar-refractivity contribution < 1.29 is 10.2 Å². The summed E-state index contributed by atoms with van der Waals surface area (Å²) < 4.78 is 1.72. The van der Waals surface area contributed by atoms with Crippen LogP contribution in [0.4, 0.5) is 0 Å². The Hall–Kier alpha value is -0.980. The third kappa shape index (κ3) is 4.26. The summed E-state index contributed by atoms with van der Waals surface area (Å²) >= 11 is 0. The highest BCUT2D eigenvalue weighted by atomic mass is 16.3. The summed E-state index contributed by atoms with van der Waals surface area (Å²) in [6.45, 7) is 3.61. The first-order valence-electron chi connectivity index (χ1n) is 5.64. The van der Waals surface area contributed by atoms with E-state index in [4.69, 9.17) is 10.2 Å². The van der Waals surface area contributed by atoms with Crippen LogP contribution in [0.25, 0.3) is 0 Å². The van der Waals surface area contributed by atoms with E-state index in [1.54, 1.807) is 4.68 Å². The molecule has 16 heavy (non-hydrogen) atoms. The molecule has 0 fully saturated rings. The van der Waals surface area contributed by atoms with Gasteiger partial charge in [-0.25, -0.2) is 0 Å². The molecule has 0 radical (unpaired) electrons. The van der Waals surface area contributed by atoms with Gasteiger partial charge >= 0.3 is 0 Å². The van der Waals surface area contributed by atoms with Gasteiger partial charge in [-0.3, -0.25) is 4.68 Å². The second-order valence-electron chi connectivity index (χ2n) is 3.72. The number of nitrogens with zero attached hydrogens (tertiary/aromatic N) is 3. The average Bonchev–Trinajstić information content (AvgIpc) is 2.76. The Balaban J connectivity index is 2.33. The van der Waals surface area contributed by atoms with E-state index < -0.39 is 0 Å². The zero-order chi connectivity index (χ0) is 11.8. The predicted octanol–water partition coefficient (Wildman–Crippen LogP) is -0.479. The maximum absolute atomic E-state index is 8.99. The Labute approximate surface area is 95.3 Å². The molecule has 1 rings (SSSR count). The fourth-order valence-corrected chi connectivity index (χ4v) is 1.35. The van der Waals surface area contributed by atoms with Gasteiger partial charge in [0.05, 0.1) is 12.3 Å². The first kappa shape index (κ1) is 13.1. The zero-order valence-corrected chi connectivity index (χ0v) is 9.63. The molecule has 6 nitrogen and oxygen atoms in total. The highest BCUT2D eigenvalue weighted by Gasteiger charge is 2.05. The molecule has 0 bridgehead atoms. The van der Waals surface area contributed by atoms with Crippen LogP contribution in [0.3, 0.4) is 0 Å². The quantitative estimate of drug-likeness (QED) is 0.560. The van der Waals surface area contributed by atoms with E-state index in [9.17, 15) is 0 Å². The number of rotatable bonds is 8. The second-order valence-corrected chi connectivity index (χ2v) is 3.72. The van der Waals surface area contributed by atoms with Gasteiger partial charge in [0, 0.05) is 31.9 Å². The molecule has 0 aromatic carbocycles. The van der Waals surface area contributed by atoms with E-state index in [1.165, 1.54) is 0 Å². The Bertz CT molecular complexity index is 286. The van der Waals surface area contributed by atoms with Crippen molar-refractivity contribution in [2.75, 3.05) is 13.2 Å². The van der Waals surface area contributed by atoms with Gasteiger partial charge in [-0.15, -0.1) is 5.10 Å². The lowest BCUT2D eigenvalue weighted by atomic mass is 10.2. The number of aliphatic hydroxyl groups excluding tert-OH is 2. The zero-order valence-electron chi connectivity index (χ0n) is 9.63. The molecule has 3 N–H and O–H groups in total. The van der Waals surface area contributed by atoms with Crippen molar-refractivity contribution in [3.63, 3.8) is 0 Å². The minimum absolute atomic E-state index is 0.114. The summed E-state index contributed by atoms with van der Waals surface area (Å²) in [5.41, 5.74) is 0.852. The lowest BCUT2D eigenvalue weighted by Gasteiger charge is -2.11. The standard InChI is InChI=1S/C10H20N4O2/c1-2-9(8-16)11-6-10-7-14(13-12-10)4-3-5-15/h7,9,11,15-16H,2-6,8H2,1H3. The molecule has 1 atom stereocenters. The predicted molar refractivity (Wildman–Crippen MR) is 59.7 cm³/mol. The van der Waals surface area contributed by atoms with Crippen molar-refractivity contribution in [1.29, 1.82) is 0 Å². The maximum Gasteiger partial charge on any atom is 0.0964 e. The Morgan fingerprint density at radius 1 is 1.50 bits per heavy atom. The molecule has 92 valence electrons. The van der Waals surface area contributed by atoms with Crippen molar-refractivity contribution in [1.82, 2.24) is 20.3 Å². The van der Waals surface area contributed by atoms with Crippen LogP contribution in [0.5, 0.6) is 0 Å². The molecule has 1 aromatic rings. The van der Waals surface area contributed by atoms with Gasteiger partial charge in [0.2, 0.25) is 0 Å². The van der Waals surface area contributed by atoms with Gasteiger partial charge in [-0.1, -0.05) is 12.1 Å². The Kier molecular flexibility index (Phi) is 5.99. The molecule has 0 amide bonds. The molecule has 0 saturated heterocycles. The summed E-state index contributed by atoms with van der Waals surface area (Å²) in [7, 11) is 0. The number of nitrogens with one attached hydrogen (secondary N) is 1. The van der Waals surface area contributed by atoms with E-state index in [1.807, 2.05) is 13.1 Å². The van der Waals surface area contributed by atoms with Crippen LogP contribution >= 0.6 is 0 Å². The van der Waals surface area contributed by atoms with E-state index in [0.717, 1.165) is 12.1 Å². The van der Waals surface area contributed by atoms with E-state index in [0.29, 0.717) is 19.5 Å². The fraction of sp³-hybridized carbons (Fsp3) is 0.800. The smallest absolute Gasteiger partial charge is 0.0964 e. The number of aryl methyl sites for hydroxylation is 1. The van der Waals surface area contributed by atoms with Crippen LogP contribution in [0.15, 0.2) is 6.20 Å². The van der Waals surface area contributed by atoms with Crippen LogP contribution in [-0.2, 0) is 13.1 Å². The van der Waals surface area contributed by atoms with Crippen molar-refractivity contribution in [2.24, 2.45) is 0 Å². The van der Waals surface area contributed by atoms with Crippen LogP contribution in [0.1, 0.15) is 25.5 Å². The first-order valence-corrected chi connectivity index (χ1v) is 5.64. The maximum atomic E-state index is 8.99. The fourth-order valence-electron chi connectivity index (χ4n) is 1.35. The van der Waals surface area contributed by atoms with Crippen LogP contribution < -0.4 is 5.32 Å². The SMILES string of the molecule is CCC(CO)NCc1cn(CCCO)nn1. The van der Waals surface area contributed by atoms with Crippen LogP contribution in [0, 0.1) is 0 Å². The highest BCUT2D eigenvalue weighted by Crippen LogP contribution is 1.96. The van der Waals surface area contributed by atoms with Crippen molar-refractivity contribution in [2.45, 2.75) is 38.9 Å². The number of aliphatic hydroxyl groups is 2. The minimum Gasteiger partial charge on any atom is -0.396 e. The van der Waals surface area contributed by atoms with Crippen molar-refractivity contribution in [3.05, 3.63) is 11.9 Å². The first-order chi connectivity index (χ1) is 7.80. The number of aromatic nitrogens is 3. The Morgan fingerprint density at radius 2 is 2.31 bits per heavy atom. The molecule has 1 heterocycles. The van der Waals surface area contributed by atoms with Gasteiger partial charge in [-0.05, 0) is 12.8 Å². The molecule has 1 aromatic heterocycles. The molecular formula is C10H20N4O2. The summed E-state index contributed by atoms with van der Waals surface area (Å²) in [6.07, 6.45) is 3.42. The molecule has 0 saturated carbocycles. The van der Waals surface area contributed by atoms with Crippen LogP contribution in [-0.4, -0.2) is 44.5 Å². The molecule has 0 aliphatic heterocycles. The summed E-state index contributed by atoms with van der Waals surface area (Å²) in [6, 6.07) is 0.114. The largest absolute Gasteiger partial charge is 0.396 e. The monoisotopic (exact) mass is 228 g/mol. The number of hydrogen-bond acceptors (Lipinski definition) is 5. The highest BCUT2D eigenvalue weighted by molar-refractivity contribution is 4.92. The van der Waals surface area contributed by atoms with Crippen molar-refractivity contribution in [3.8, 4) is 0 Å². The third-order valence-electron chi connectivity index (χ3n) is 2.42. The van der Waals surface area contributed by atoms with Gasteiger partial charge in [0.1, 0.15) is 0 Å². The molecular weight excluding hydrogens is 208 g/mol. The summed E-state index contributed by atoms with van der Waals surface area (Å²) in [5.74, 6) is 0. The van der Waals surface area contributed by atoms with Gasteiger partial charge in [0.25, 0.3) is 0 Å². The molecule has 0 aliphatic carbocycles. The summed E-state index contributed by atoms with van der Waals surface area (Å²) in [4.78, 5) is 0. The van der Waals surface area contributed by atoms with Crippen LogP contribution in [0.2, 0.25) is 0 Å². The normalized spacial score (nSPS) is 12.9. The van der Waals surface area contributed by atoms with E-state index >= 15 is 0 Å². The van der Waals surface area contributed by atoms with E-state index in [2.05, 4.69) is 15.6 Å². The van der Waals surface area contributed by atoms with Gasteiger partial charge < -0.3 is 15.5 Å². The number of hydrogen-bond donors (Lipinski definition) is 3. The van der Waals surface area contributed by atoms with E-state index in [-0.39, 0.29) is 19.3 Å². The Morgan fingerprint density at radius 3 is 2.94 bits per heavy atom. The van der Waals surface area contributed by atoms with Gasteiger partial charge in [0.15, 0.2) is 0 Å². The third-order valence-corrected chi connectivity index (χ3v) is 2.42. The average molecular weight is 228 g/mol. The molecule has 0 aliphatic rings. The lowest BCUT2D eigenvalue weighted by molar-refractivity contribution is 0.238. The molecule has 6 heteroatoms. The molecule has 1 unspecified atom stereocenters. The second kappa shape index (κ2) is 7.32. The topological polar surface area (TPSA) is 83.2 Å². The summed E-state index contributed by atoms with van der Waals surface area (Å²) in [5, 5.41) is 28.8. The molecule has 0 spiro atoms. The minimum atomic E-state index is 0.114. The van der Waals surface area contributed by atoms with Gasteiger partial charge in [-0.2, -0.15) is 0 Å². The lowest BCUT2D eigenvalue weighted by Crippen LogP contribution is -2.31.